The molecule has 104 valence electrons. The number of hydrogen-bond donors (Lipinski definition) is 0. The van der Waals surface area contributed by atoms with Gasteiger partial charge in [0.15, 0.2) is 5.78 Å². The Morgan fingerprint density at radius 1 is 1.05 bits per heavy atom. The Morgan fingerprint density at radius 2 is 1.70 bits per heavy atom. The highest BCUT2D eigenvalue weighted by Gasteiger charge is 2.19. The van der Waals surface area contributed by atoms with Gasteiger partial charge in [0, 0.05) is 5.56 Å². The Labute approximate surface area is 124 Å². The molecule has 20 heavy (non-hydrogen) atoms. The monoisotopic (exact) mass is 338 g/mol. The summed E-state index contributed by atoms with van der Waals surface area (Å²) in [6.07, 6.45) is 0. The molecular formula is C15H12BrFO3. The van der Waals surface area contributed by atoms with Crippen LogP contribution >= 0.6 is 15.9 Å². The van der Waals surface area contributed by atoms with Gasteiger partial charge < -0.3 is 9.47 Å². The molecule has 5 heteroatoms. The number of halogens is 2. The van der Waals surface area contributed by atoms with Crippen LogP contribution in [-0.4, -0.2) is 20.0 Å². The molecular weight excluding hydrogens is 327 g/mol. The Balaban J connectivity index is 2.49. The lowest BCUT2D eigenvalue weighted by Crippen LogP contribution is -2.05. The van der Waals surface area contributed by atoms with Crippen molar-refractivity contribution in [1.29, 1.82) is 0 Å². The third-order valence-electron chi connectivity index (χ3n) is 2.84. The normalized spacial score (nSPS) is 10.2. The van der Waals surface area contributed by atoms with Gasteiger partial charge in [-0.3, -0.25) is 4.79 Å². The summed E-state index contributed by atoms with van der Waals surface area (Å²) >= 11 is 3.34. The van der Waals surface area contributed by atoms with Crippen molar-refractivity contribution in [2.45, 2.75) is 0 Å². The van der Waals surface area contributed by atoms with Crippen molar-refractivity contribution >= 4 is 21.7 Å². The molecule has 0 aliphatic heterocycles. The molecule has 0 bridgehead atoms. The molecule has 0 N–H and O–H groups in total. The molecule has 2 aromatic rings. The standard InChI is InChI=1S/C15H12BrFO3/c1-19-12-8-7-11(15(20-2)13(12)16)14(18)9-3-5-10(17)6-4-9/h3-8H,1-2H3. The lowest BCUT2D eigenvalue weighted by molar-refractivity contribution is 0.103. The predicted octanol–water partition coefficient (Wildman–Crippen LogP) is 3.84. The summed E-state index contributed by atoms with van der Waals surface area (Å²) in [7, 11) is 3.00. The highest BCUT2D eigenvalue weighted by atomic mass is 79.9. The van der Waals surface area contributed by atoms with Crippen molar-refractivity contribution in [2.24, 2.45) is 0 Å². The van der Waals surface area contributed by atoms with E-state index in [4.69, 9.17) is 9.47 Å². The maximum atomic E-state index is 12.9. The summed E-state index contributed by atoms with van der Waals surface area (Å²) in [5.41, 5.74) is 0.772. The topological polar surface area (TPSA) is 35.5 Å². The maximum absolute atomic E-state index is 12.9. The summed E-state index contributed by atoms with van der Waals surface area (Å²) in [6, 6.07) is 8.67. The smallest absolute Gasteiger partial charge is 0.196 e. The molecule has 2 rings (SSSR count). The number of carbonyl (C=O) groups excluding carboxylic acids is 1. The number of carbonyl (C=O) groups is 1. The molecule has 0 heterocycles. The molecule has 0 unspecified atom stereocenters. The number of ether oxygens (including phenoxy) is 2. The van der Waals surface area contributed by atoms with E-state index < -0.39 is 0 Å². The van der Waals surface area contributed by atoms with Crippen LogP contribution in [0.15, 0.2) is 40.9 Å². The highest BCUT2D eigenvalue weighted by molar-refractivity contribution is 9.10. The number of rotatable bonds is 4. The molecule has 0 radical (unpaired) electrons. The van der Waals surface area contributed by atoms with E-state index in [1.54, 1.807) is 12.1 Å². The second kappa shape index (κ2) is 6.05. The molecule has 0 saturated carbocycles. The van der Waals surface area contributed by atoms with Crippen molar-refractivity contribution in [3.8, 4) is 11.5 Å². The zero-order valence-electron chi connectivity index (χ0n) is 10.9. The highest BCUT2D eigenvalue weighted by Crippen LogP contribution is 2.37. The fraction of sp³-hybridized carbons (Fsp3) is 0.133. The first-order valence-electron chi connectivity index (χ1n) is 5.79. The molecule has 0 aliphatic rings. The predicted molar refractivity (Wildman–Crippen MR) is 77.1 cm³/mol. The van der Waals surface area contributed by atoms with Crippen molar-refractivity contribution in [3.63, 3.8) is 0 Å². The lowest BCUT2D eigenvalue weighted by atomic mass is 10.0. The minimum Gasteiger partial charge on any atom is -0.495 e. The SMILES string of the molecule is COc1ccc(C(=O)c2ccc(F)cc2)c(OC)c1Br. The minimum atomic E-state index is -0.385. The van der Waals surface area contributed by atoms with Gasteiger partial charge in [0.2, 0.25) is 0 Å². The number of hydrogen-bond acceptors (Lipinski definition) is 3. The molecule has 0 fully saturated rings. The van der Waals surface area contributed by atoms with Gasteiger partial charge in [-0.25, -0.2) is 4.39 Å². The van der Waals surface area contributed by atoms with Gasteiger partial charge in [-0.1, -0.05) is 0 Å². The van der Waals surface area contributed by atoms with Crippen LogP contribution in [0.4, 0.5) is 4.39 Å². The third kappa shape index (κ3) is 2.67. The van der Waals surface area contributed by atoms with Crippen LogP contribution in [0.25, 0.3) is 0 Å². The number of methoxy groups -OCH3 is 2. The Bertz CT molecular complexity index is 638. The minimum absolute atomic E-state index is 0.245. The van der Waals surface area contributed by atoms with E-state index in [-0.39, 0.29) is 11.6 Å². The van der Waals surface area contributed by atoms with Crippen LogP contribution < -0.4 is 9.47 Å². The van der Waals surface area contributed by atoms with E-state index in [0.29, 0.717) is 27.1 Å². The molecule has 0 saturated heterocycles. The molecule has 0 aromatic heterocycles. The maximum Gasteiger partial charge on any atom is 0.196 e. The van der Waals surface area contributed by atoms with Crippen molar-refractivity contribution < 1.29 is 18.7 Å². The van der Waals surface area contributed by atoms with Gasteiger partial charge in [0.1, 0.15) is 21.8 Å². The van der Waals surface area contributed by atoms with Crippen molar-refractivity contribution in [3.05, 3.63) is 57.8 Å². The van der Waals surface area contributed by atoms with Crippen LogP contribution in [0, 0.1) is 5.82 Å². The second-order valence-electron chi connectivity index (χ2n) is 4.00. The quantitative estimate of drug-likeness (QED) is 0.794. The first kappa shape index (κ1) is 14.5. The summed E-state index contributed by atoms with van der Waals surface area (Å²) in [5.74, 6) is 0.325. The van der Waals surface area contributed by atoms with E-state index in [9.17, 15) is 9.18 Å². The van der Waals surface area contributed by atoms with E-state index in [1.807, 2.05) is 0 Å². The first-order chi connectivity index (χ1) is 9.58. The average molecular weight is 339 g/mol. The van der Waals surface area contributed by atoms with Crippen molar-refractivity contribution in [2.75, 3.05) is 14.2 Å². The second-order valence-corrected chi connectivity index (χ2v) is 4.79. The third-order valence-corrected chi connectivity index (χ3v) is 3.59. The van der Waals surface area contributed by atoms with Crippen LogP contribution in [-0.2, 0) is 0 Å². The summed E-state index contributed by atoms with van der Waals surface area (Å²) in [4.78, 5) is 12.4. The molecule has 0 amide bonds. The Morgan fingerprint density at radius 3 is 2.25 bits per heavy atom. The summed E-state index contributed by atoms with van der Waals surface area (Å²) < 4.78 is 23.9. The Kier molecular flexibility index (Phi) is 4.39. The average Bonchev–Trinajstić information content (AvgIpc) is 2.47. The van der Waals surface area contributed by atoms with Gasteiger partial charge in [-0.05, 0) is 52.3 Å². The fourth-order valence-corrected chi connectivity index (χ4v) is 2.50. The van der Waals surface area contributed by atoms with Gasteiger partial charge >= 0.3 is 0 Å². The number of ketones is 1. The molecule has 0 aliphatic carbocycles. The fourth-order valence-electron chi connectivity index (χ4n) is 1.83. The van der Waals surface area contributed by atoms with E-state index >= 15 is 0 Å². The lowest BCUT2D eigenvalue weighted by Gasteiger charge is -2.12. The Hall–Kier alpha value is -1.88. The van der Waals surface area contributed by atoms with Crippen LogP contribution in [0.1, 0.15) is 15.9 Å². The van der Waals surface area contributed by atoms with Crippen molar-refractivity contribution in [1.82, 2.24) is 0 Å². The molecule has 0 spiro atoms. The van der Waals surface area contributed by atoms with Crippen LogP contribution in [0.5, 0.6) is 11.5 Å². The van der Waals surface area contributed by atoms with Gasteiger partial charge in [-0.2, -0.15) is 0 Å². The van der Waals surface area contributed by atoms with Gasteiger partial charge in [0.05, 0.1) is 19.8 Å². The van der Waals surface area contributed by atoms with E-state index in [1.165, 1.54) is 38.5 Å². The molecule has 2 aromatic carbocycles. The largest absolute Gasteiger partial charge is 0.495 e. The van der Waals surface area contributed by atoms with Crippen LogP contribution in [0.2, 0.25) is 0 Å². The van der Waals surface area contributed by atoms with Gasteiger partial charge in [-0.15, -0.1) is 0 Å². The van der Waals surface area contributed by atoms with E-state index in [0.717, 1.165) is 0 Å². The first-order valence-corrected chi connectivity index (χ1v) is 6.58. The summed E-state index contributed by atoms with van der Waals surface area (Å²) in [6.45, 7) is 0. The zero-order chi connectivity index (χ0) is 14.7. The molecule has 3 nitrogen and oxygen atoms in total. The number of benzene rings is 2. The summed E-state index contributed by atoms with van der Waals surface area (Å²) in [5, 5.41) is 0. The zero-order valence-corrected chi connectivity index (χ0v) is 12.5. The van der Waals surface area contributed by atoms with E-state index in [2.05, 4.69) is 15.9 Å². The van der Waals surface area contributed by atoms with Crippen LogP contribution in [0.3, 0.4) is 0 Å². The molecule has 0 atom stereocenters. The van der Waals surface area contributed by atoms with Gasteiger partial charge in [0.25, 0.3) is 0 Å².